The van der Waals surface area contributed by atoms with E-state index < -0.39 is 11.4 Å². The lowest BCUT2D eigenvalue weighted by Crippen LogP contribution is -2.70. The molecule has 2 fully saturated rings. The number of aromatic nitrogens is 2. The molecule has 3 amide bonds. The Hall–Kier alpha value is -3.03. The van der Waals surface area contributed by atoms with Gasteiger partial charge in [-0.25, -0.2) is 19.2 Å². The maximum atomic E-state index is 14.3. The Bertz CT molecular complexity index is 956. The summed E-state index contributed by atoms with van der Waals surface area (Å²) in [6, 6.07) is 4.11. The van der Waals surface area contributed by atoms with Gasteiger partial charge in [-0.2, -0.15) is 0 Å². The Kier molecular flexibility index (Phi) is 4.49. The lowest BCUT2D eigenvalue weighted by Gasteiger charge is -2.46. The number of carbonyl (C=O) groups excluding carboxylic acids is 2. The predicted octanol–water partition coefficient (Wildman–Crippen LogP) is 2.05. The minimum absolute atomic E-state index is 0.220. The number of urea groups is 1. The second kappa shape index (κ2) is 6.85. The van der Waals surface area contributed by atoms with Crippen molar-refractivity contribution in [3.05, 3.63) is 47.2 Å². The van der Waals surface area contributed by atoms with Crippen LogP contribution in [0.4, 0.5) is 9.18 Å². The van der Waals surface area contributed by atoms with Crippen molar-refractivity contribution in [1.82, 2.24) is 25.5 Å². The van der Waals surface area contributed by atoms with E-state index in [0.29, 0.717) is 36.7 Å². The van der Waals surface area contributed by atoms with E-state index in [4.69, 9.17) is 0 Å². The molecule has 0 saturated carbocycles. The molecule has 8 heteroatoms. The number of carbonyl (C=O) groups is 2. The molecule has 1 spiro atoms. The van der Waals surface area contributed by atoms with Gasteiger partial charge in [0.25, 0.3) is 5.91 Å². The van der Waals surface area contributed by atoms with Crippen molar-refractivity contribution in [2.45, 2.75) is 32.2 Å². The highest BCUT2D eigenvalue weighted by atomic mass is 19.1. The van der Waals surface area contributed by atoms with Crippen LogP contribution in [0.2, 0.25) is 0 Å². The molecule has 0 atom stereocenters. The van der Waals surface area contributed by atoms with Crippen molar-refractivity contribution in [3.8, 4) is 11.3 Å². The van der Waals surface area contributed by atoms with Gasteiger partial charge in [0.05, 0.1) is 11.2 Å². The van der Waals surface area contributed by atoms with Crippen LogP contribution in [0.5, 0.6) is 0 Å². The summed E-state index contributed by atoms with van der Waals surface area (Å²) in [7, 11) is 0. The fraction of sp³-hybridized carbons (Fsp3) is 0.400. The zero-order chi connectivity index (χ0) is 19.9. The van der Waals surface area contributed by atoms with Crippen molar-refractivity contribution >= 4 is 11.9 Å². The Morgan fingerprint density at radius 1 is 1.32 bits per heavy atom. The maximum Gasteiger partial charge on any atom is 0.315 e. The minimum atomic E-state index is -0.481. The molecule has 7 nitrogen and oxygen atoms in total. The van der Waals surface area contributed by atoms with E-state index in [1.54, 1.807) is 24.1 Å². The monoisotopic (exact) mass is 383 g/mol. The molecular formula is C20H22FN5O2. The molecule has 0 unspecified atom stereocenters. The molecule has 28 heavy (non-hydrogen) atoms. The molecule has 1 aromatic heterocycles. The maximum absolute atomic E-state index is 14.3. The predicted molar refractivity (Wildman–Crippen MR) is 101 cm³/mol. The van der Waals surface area contributed by atoms with E-state index in [9.17, 15) is 14.0 Å². The normalized spacial score (nSPS) is 17.2. The van der Waals surface area contributed by atoms with Crippen LogP contribution >= 0.6 is 0 Å². The van der Waals surface area contributed by atoms with Gasteiger partial charge in [0.1, 0.15) is 11.6 Å². The molecule has 1 aromatic carbocycles. The number of nitrogens with one attached hydrogen (secondary N) is 2. The molecule has 2 aliphatic heterocycles. The zero-order valence-electron chi connectivity index (χ0n) is 15.9. The first kappa shape index (κ1) is 18.3. The number of amides is 3. The first-order valence-corrected chi connectivity index (χ1v) is 9.38. The average Bonchev–Trinajstić information content (AvgIpc) is 3.03. The fourth-order valence-corrected chi connectivity index (χ4v) is 3.83. The van der Waals surface area contributed by atoms with Gasteiger partial charge < -0.3 is 15.5 Å². The molecule has 0 radical (unpaired) electrons. The number of likely N-dealkylation sites (tertiary alicyclic amines) is 1. The molecule has 2 saturated heterocycles. The van der Waals surface area contributed by atoms with Crippen molar-refractivity contribution in [3.63, 3.8) is 0 Å². The highest BCUT2D eigenvalue weighted by Gasteiger charge is 2.49. The first-order chi connectivity index (χ1) is 13.4. The third kappa shape index (κ3) is 3.30. The van der Waals surface area contributed by atoms with Crippen LogP contribution in [0.3, 0.4) is 0 Å². The van der Waals surface area contributed by atoms with Crippen molar-refractivity contribution in [1.29, 1.82) is 0 Å². The molecule has 146 valence electrons. The molecular weight excluding hydrogens is 361 g/mol. The van der Waals surface area contributed by atoms with Crippen LogP contribution in [0.25, 0.3) is 11.3 Å². The lowest BCUT2D eigenvalue weighted by molar-refractivity contribution is 0.0396. The zero-order valence-corrected chi connectivity index (χ0v) is 15.9. The van der Waals surface area contributed by atoms with E-state index in [1.165, 1.54) is 12.1 Å². The number of nitrogens with zero attached hydrogens (tertiary/aromatic N) is 3. The van der Waals surface area contributed by atoms with Crippen molar-refractivity contribution in [2.75, 3.05) is 19.6 Å². The second-order valence-corrected chi connectivity index (χ2v) is 7.52. The van der Waals surface area contributed by atoms with Gasteiger partial charge in [-0.15, -0.1) is 0 Å². The van der Waals surface area contributed by atoms with Crippen molar-refractivity contribution < 1.29 is 14.0 Å². The number of hydrogen-bond donors (Lipinski definition) is 2. The summed E-state index contributed by atoms with van der Waals surface area (Å²) in [4.78, 5) is 34.6. The molecule has 2 N–H and O–H groups in total. The number of halogens is 1. The number of benzene rings is 1. The molecule has 2 aromatic rings. The standard InChI is InChI=1S/C20H22FN5O2/c1-3-4-13-8-22-12(2)24-17(13)14-5-15(7-16(21)6-14)18(27)26-10-20(11-26)9-23-19(28)25-20/h5-8H,3-4,9-11H2,1-2H3,(H2,23,25,28). The van der Waals surface area contributed by atoms with Gasteiger partial charge in [-0.1, -0.05) is 13.3 Å². The van der Waals surface area contributed by atoms with Gasteiger partial charge in [0.15, 0.2) is 0 Å². The average molecular weight is 383 g/mol. The van der Waals surface area contributed by atoms with Crippen LogP contribution in [-0.2, 0) is 6.42 Å². The Balaban J connectivity index is 1.61. The molecule has 0 bridgehead atoms. The number of hydrogen-bond acceptors (Lipinski definition) is 4. The highest BCUT2D eigenvalue weighted by molar-refractivity contribution is 5.96. The topological polar surface area (TPSA) is 87.2 Å². The Morgan fingerprint density at radius 3 is 2.79 bits per heavy atom. The first-order valence-electron chi connectivity index (χ1n) is 9.38. The van der Waals surface area contributed by atoms with Crippen LogP contribution < -0.4 is 10.6 Å². The quantitative estimate of drug-likeness (QED) is 0.846. The summed E-state index contributed by atoms with van der Waals surface area (Å²) in [5, 5.41) is 5.56. The van der Waals surface area contributed by atoms with Gasteiger partial charge in [-0.05, 0) is 37.1 Å². The van der Waals surface area contributed by atoms with E-state index in [-0.39, 0.29) is 17.5 Å². The lowest BCUT2D eigenvalue weighted by atomic mass is 9.90. The van der Waals surface area contributed by atoms with Crippen LogP contribution in [-0.4, -0.2) is 52.0 Å². The van der Waals surface area contributed by atoms with E-state index in [2.05, 4.69) is 27.5 Å². The van der Waals surface area contributed by atoms with Crippen molar-refractivity contribution in [2.24, 2.45) is 0 Å². The molecule has 2 aliphatic rings. The Labute approximate surface area is 162 Å². The largest absolute Gasteiger partial charge is 0.336 e. The van der Waals surface area contributed by atoms with Crippen LogP contribution in [0, 0.1) is 12.7 Å². The summed E-state index contributed by atoms with van der Waals surface area (Å²) in [5.74, 6) is -0.137. The third-order valence-electron chi connectivity index (χ3n) is 5.16. The summed E-state index contributed by atoms with van der Waals surface area (Å²) < 4.78 is 14.3. The van der Waals surface area contributed by atoms with Crippen LogP contribution in [0.1, 0.15) is 35.1 Å². The van der Waals surface area contributed by atoms with Crippen LogP contribution in [0.15, 0.2) is 24.4 Å². The summed E-state index contributed by atoms with van der Waals surface area (Å²) in [5.41, 5.74) is 2.04. The van der Waals surface area contributed by atoms with E-state index >= 15 is 0 Å². The second-order valence-electron chi connectivity index (χ2n) is 7.52. The summed E-state index contributed by atoms with van der Waals surface area (Å²) >= 11 is 0. The summed E-state index contributed by atoms with van der Waals surface area (Å²) in [6.07, 6.45) is 3.45. The third-order valence-corrected chi connectivity index (χ3v) is 5.16. The molecule has 3 heterocycles. The summed E-state index contributed by atoms with van der Waals surface area (Å²) in [6.45, 7) is 5.15. The molecule has 4 rings (SSSR count). The SMILES string of the molecule is CCCc1cnc(C)nc1-c1cc(F)cc(C(=O)N2CC3(CNC(=O)N3)C2)c1. The van der Waals surface area contributed by atoms with E-state index in [0.717, 1.165) is 18.4 Å². The minimum Gasteiger partial charge on any atom is -0.336 e. The van der Waals surface area contributed by atoms with Gasteiger partial charge in [-0.3, -0.25) is 4.79 Å². The smallest absolute Gasteiger partial charge is 0.315 e. The molecule has 0 aliphatic carbocycles. The highest BCUT2D eigenvalue weighted by Crippen LogP contribution is 2.28. The fourth-order valence-electron chi connectivity index (χ4n) is 3.83. The Morgan fingerprint density at radius 2 is 2.11 bits per heavy atom. The number of aryl methyl sites for hydroxylation is 2. The van der Waals surface area contributed by atoms with E-state index in [1.807, 2.05) is 0 Å². The van der Waals surface area contributed by atoms with Gasteiger partial charge >= 0.3 is 6.03 Å². The van der Waals surface area contributed by atoms with Gasteiger partial charge in [0.2, 0.25) is 0 Å². The number of rotatable bonds is 4. The van der Waals surface area contributed by atoms with Gasteiger partial charge in [0, 0.05) is 37.0 Å².